The van der Waals surface area contributed by atoms with Gasteiger partial charge in [-0.2, -0.15) is 9.90 Å². The summed E-state index contributed by atoms with van der Waals surface area (Å²) in [5.41, 5.74) is 4.64. The Labute approximate surface area is 190 Å². The zero-order valence-electron chi connectivity index (χ0n) is 18.2. The second kappa shape index (κ2) is 9.04. The molecule has 164 valence electrons. The molecular weight excluding hydrogens is 414 g/mol. The second-order valence-corrected chi connectivity index (χ2v) is 7.76. The number of para-hydroxylation sites is 1. The molecule has 0 saturated heterocycles. The quantitative estimate of drug-likeness (QED) is 0.417. The summed E-state index contributed by atoms with van der Waals surface area (Å²) in [7, 11) is 0. The van der Waals surface area contributed by atoms with Crippen LogP contribution in [-0.4, -0.2) is 35.0 Å². The van der Waals surface area contributed by atoms with Crippen molar-refractivity contribution in [2.24, 2.45) is 0 Å². The van der Waals surface area contributed by atoms with Gasteiger partial charge in [-0.3, -0.25) is 4.57 Å². The van der Waals surface area contributed by atoms with Crippen LogP contribution >= 0.6 is 0 Å². The van der Waals surface area contributed by atoms with Gasteiger partial charge in [-0.05, 0) is 40.5 Å². The van der Waals surface area contributed by atoms with E-state index in [0.29, 0.717) is 12.4 Å². The molecule has 5 aromatic rings. The average molecular weight is 438 g/mol. The van der Waals surface area contributed by atoms with Crippen molar-refractivity contribution in [1.29, 1.82) is 0 Å². The van der Waals surface area contributed by atoms with Crippen molar-refractivity contribution in [2.75, 3.05) is 0 Å². The van der Waals surface area contributed by atoms with E-state index in [1.54, 1.807) is 4.57 Å². The molecule has 0 radical (unpaired) electrons. The van der Waals surface area contributed by atoms with Crippen molar-refractivity contribution in [2.45, 2.75) is 26.3 Å². The van der Waals surface area contributed by atoms with E-state index >= 15 is 0 Å². The maximum absolute atomic E-state index is 13.2. The molecule has 2 aromatic heterocycles. The number of aryl methyl sites for hydroxylation is 1. The lowest BCUT2D eigenvalue weighted by Crippen LogP contribution is -2.25. The van der Waals surface area contributed by atoms with E-state index in [1.165, 1.54) is 4.68 Å². The first-order valence-electron chi connectivity index (χ1n) is 10.9. The van der Waals surface area contributed by atoms with Crippen LogP contribution in [0.2, 0.25) is 0 Å². The van der Waals surface area contributed by atoms with Crippen molar-refractivity contribution < 1.29 is 0 Å². The van der Waals surface area contributed by atoms with Gasteiger partial charge in [-0.1, -0.05) is 73.7 Å². The first-order valence-corrected chi connectivity index (χ1v) is 10.9. The van der Waals surface area contributed by atoms with Gasteiger partial charge < -0.3 is 0 Å². The predicted molar refractivity (Wildman–Crippen MR) is 126 cm³/mol. The highest BCUT2D eigenvalue weighted by Gasteiger charge is 2.15. The molecule has 0 aliphatic heterocycles. The van der Waals surface area contributed by atoms with E-state index in [9.17, 15) is 4.79 Å². The van der Waals surface area contributed by atoms with E-state index in [1.807, 2.05) is 66.7 Å². The van der Waals surface area contributed by atoms with Crippen LogP contribution in [0.4, 0.5) is 0 Å². The minimum absolute atomic E-state index is 0.129. The minimum atomic E-state index is -0.129. The number of hydrogen-bond acceptors (Lipinski definition) is 5. The van der Waals surface area contributed by atoms with Crippen LogP contribution in [0.1, 0.15) is 24.7 Å². The SMILES string of the molecule is CCCc1nn(-c2ccccc2)c(=O)n1Cc1ccc(-c2ccccc2-c2nn[nH]n2)cc1. The zero-order chi connectivity index (χ0) is 22.6. The molecule has 3 aromatic carbocycles. The molecular formula is C25H23N7O. The Morgan fingerprint density at radius 2 is 1.61 bits per heavy atom. The Kier molecular flexibility index (Phi) is 5.63. The Balaban J connectivity index is 1.46. The van der Waals surface area contributed by atoms with Crippen LogP contribution in [0.5, 0.6) is 0 Å². The van der Waals surface area contributed by atoms with Gasteiger partial charge in [0, 0.05) is 12.0 Å². The Hall–Kier alpha value is -4.33. The fraction of sp³-hybridized carbons (Fsp3) is 0.160. The lowest BCUT2D eigenvalue weighted by molar-refractivity contribution is 0.687. The molecule has 0 atom stereocenters. The highest BCUT2D eigenvalue weighted by atomic mass is 16.2. The second-order valence-electron chi connectivity index (χ2n) is 7.76. The number of aromatic amines is 1. The molecule has 0 spiro atoms. The number of rotatable bonds is 7. The fourth-order valence-electron chi connectivity index (χ4n) is 3.92. The third kappa shape index (κ3) is 4.10. The third-order valence-corrected chi connectivity index (χ3v) is 5.53. The number of H-pyrrole nitrogens is 1. The van der Waals surface area contributed by atoms with Crippen LogP contribution in [0.15, 0.2) is 83.7 Å². The minimum Gasteiger partial charge on any atom is -0.274 e. The third-order valence-electron chi connectivity index (χ3n) is 5.53. The topological polar surface area (TPSA) is 94.3 Å². The lowest BCUT2D eigenvalue weighted by Gasteiger charge is -2.09. The van der Waals surface area contributed by atoms with Gasteiger partial charge in [0.2, 0.25) is 5.82 Å². The lowest BCUT2D eigenvalue weighted by atomic mass is 9.98. The van der Waals surface area contributed by atoms with Gasteiger partial charge in [0.25, 0.3) is 0 Å². The monoisotopic (exact) mass is 437 g/mol. The molecule has 0 aliphatic rings. The van der Waals surface area contributed by atoms with Crippen molar-refractivity contribution in [3.63, 3.8) is 0 Å². The van der Waals surface area contributed by atoms with E-state index in [2.05, 4.69) is 44.8 Å². The zero-order valence-corrected chi connectivity index (χ0v) is 18.2. The molecule has 1 N–H and O–H groups in total. The van der Waals surface area contributed by atoms with Gasteiger partial charge in [-0.25, -0.2) is 4.79 Å². The molecule has 33 heavy (non-hydrogen) atoms. The molecule has 0 fully saturated rings. The maximum atomic E-state index is 13.2. The average Bonchev–Trinajstić information content (AvgIpc) is 3.50. The van der Waals surface area contributed by atoms with E-state index in [0.717, 1.165) is 46.6 Å². The van der Waals surface area contributed by atoms with Crippen molar-refractivity contribution in [3.8, 4) is 28.2 Å². The van der Waals surface area contributed by atoms with Crippen molar-refractivity contribution in [1.82, 2.24) is 35.0 Å². The molecule has 2 heterocycles. The van der Waals surface area contributed by atoms with E-state index in [4.69, 9.17) is 0 Å². The van der Waals surface area contributed by atoms with Gasteiger partial charge in [0.05, 0.1) is 12.2 Å². The summed E-state index contributed by atoms with van der Waals surface area (Å²) in [6.45, 7) is 2.56. The molecule has 8 heteroatoms. The van der Waals surface area contributed by atoms with Crippen LogP contribution in [0.25, 0.3) is 28.2 Å². The van der Waals surface area contributed by atoms with Crippen LogP contribution < -0.4 is 5.69 Å². The van der Waals surface area contributed by atoms with E-state index < -0.39 is 0 Å². The highest BCUT2D eigenvalue weighted by Crippen LogP contribution is 2.29. The summed E-state index contributed by atoms with van der Waals surface area (Å²) in [5.74, 6) is 1.34. The summed E-state index contributed by atoms with van der Waals surface area (Å²) >= 11 is 0. The van der Waals surface area contributed by atoms with Crippen molar-refractivity contribution >= 4 is 0 Å². The molecule has 0 amide bonds. The standard InChI is InChI=1S/C25H23N7O/c1-2-8-23-28-32(20-9-4-3-5-10-20)25(33)31(23)17-18-13-15-19(16-14-18)21-11-6-7-12-22(21)24-26-29-30-27-24/h3-7,9-16H,2,8,17H2,1H3,(H,26,27,29,30). The van der Waals surface area contributed by atoms with E-state index in [-0.39, 0.29) is 5.69 Å². The number of hydrogen-bond donors (Lipinski definition) is 1. The molecule has 0 unspecified atom stereocenters. The Morgan fingerprint density at radius 1 is 0.879 bits per heavy atom. The summed E-state index contributed by atoms with van der Waals surface area (Å²) in [5, 5.41) is 19.0. The molecule has 0 saturated carbocycles. The van der Waals surface area contributed by atoms with Crippen LogP contribution in [0, 0.1) is 0 Å². The largest absolute Gasteiger partial charge is 0.351 e. The number of aromatic nitrogens is 7. The van der Waals surface area contributed by atoms with Gasteiger partial charge in [-0.15, -0.1) is 15.3 Å². The predicted octanol–water partition coefficient (Wildman–Crippen LogP) is 3.88. The normalized spacial score (nSPS) is 11.1. The first-order chi connectivity index (χ1) is 16.2. The smallest absolute Gasteiger partial charge is 0.274 e. The Bertz CT molecular complexity index is 1400. The van der Waals surface area contributed by atoms with Gasteiger partial charge >= 0.3 is 5.69 Å². The summed E-state index contributed by atoms with van der Waals surface area (Å²) < 4.78 is 3.25. The maximum Gasteiger partial charge on any atom is 0.351 e. The number of nitrogens with one attached hydrogen (secondary N) is 1. The number of benzene rings is 3. The number of tetrazole rings is 1. The van der Waals surface area contributed by atoms with Crippen LogP contribution in [0.3, 0.4) is 0 Å². The summed E-state index contributed by atoms with van der Waals surface area (Å²) in [6.07, 6.45) is 1.66. The van der Waals surface area contributed by atoms with Crippen LogP contribution in [-0.2, 0) is 13.0 Å². The molecule has 0 aliphatic carbocycles. The summed E-state index contributed by atoms with van der Waals surface area (Å²) in [4.78, 5) is 13.2. The highest BCUT2D eigenvalue weighted by molar-refractivity contribution is 5.80. The molecule has 0 bridgehead atoms. The molecule has 5 rings (SSSR count). The fourth-order valence-corrected chi connectivity index (χ4v) is 3.92. The van der Waals surface area contributed by atoms with Gasteiger partial charge in [0.1, 0.15) is 5.82 Å². The Morgan fingerprint density at radius 3 is 2.30 bits per heavy atom. The molecule has 8 nitrogen and oxygen atoms in total. The van der Waals surface area contributed by atoms with Gasteiger partial charge in [0.15, 0.2) is 0 Å². The van der Waals surface area contributed by atoms with Crippen molar-refractivity contribution in [3.05, 3.63) is 101 Å². The first kappa shape index (κ1) is 20.6. The summed E-state index contributed by atoms with van der Waals surface area (Å²) in [6, 6.07) is 25.7. The number of nitrogens with zero attached hydrogens (tertiary/aromatic N) is 6.